The van der Waals surface area contributed by atoms with Crippen LogP contribution in [-0.2, 0) is 20.9 Å². The van der Waals surface area contributed by atoms with E-state index in [4.69, 9.17) is 9.47 Å². The number of urea groups is 1. The van der Waals surface area contributed by atoms with E-state index in [1.54, 1.807) is 26.4 Å². The molecular weight excluding hydrogens is 384 g/mol. The summed E-state index contributed by atoms with van der Waals surface area (Å²) in [5, 5.41) is 6.85. The standard InChI is InChI=1S/C18H22N4O5S/c1-4-26-15(23)14(20-17(24)22(2)3)13-11-28-16(19-13)21-18(25)27-10-12-8-6-5-7-9-12/h5-9,11,14H,4,10H2,1-3H3,(H,20,24)(H,19,21,25). The van der Waals surface area contributed by atoms with Crippen LogP contribution >= 0.6 is 11.3 Å². The van der Waals surface area contributed by atoms with Crippen molar-refractivity contribution < 1.29 is 23.9 Å². The zero-order chi connectivity index (χ0) is 20.5. The van der Waals surface area contributed by atoms with Crippen LogP contribution in [0.4, 0.5) is 14.7 Å². The minimum Gasteiger partial charge on any atom is -0.464 e. The van der Waals surface area contributed by atoms with Gasteiger partial charge in [0.05, 0.1) is 12.3 Å². The molecule has 0 aliphatic heterocycles. The van der Waals surface area contributed by atoms with Crippen LogP contribution in [0.2, 0.25) is 0 Å². The third kappa shape index (κ3) is 6.23. The highest BCUT2D eigenvalue weighted by Crippen LogP contribution is 2.22. The lowest BCUT2D eigenvalue weighted by Gasteiger charge is -2.18. The first kappa shape index (κ1) is 21.2. The molecule has 0 aliphatic carbocycles. The van der Waals surface area contributed by atoms with E-state index in [1.807, 2.05) is 30.3 Å². The van der Waals surface area contributed by atoms with Gasteiger partial charge in [0, 0.05) is 19.5 Å². The first-order valence-corrected chi connectivity index (χ1v) is 9.36. The normalized spacial score (nSPS) is 11.2. The smallest absolute Gasteiger partial charge is 0.413 e. The zero-order valence-corrected chi connectivity index (χ0v) is 16.6. The largest absolute Gasteiger partial charge is 0.464 e. The van der Waals surface area contributed by atoms with Crippen LogP contribution in [0.15, 0.2) is 35.7 Å². The quantitative estimate of drug-likeness (QED) is 0.684. The van der Waals surface area contributed by atoms with Crippen molar-refractivity contribution >= 4 is 34.6 Å². The molecule has 3 amide bonds. The molecule has 0 saturated heterocycles. The molecule has 10 heteroatoms. The Bertz CT molecular complexity index is 809. The molecule has 2 rings (SSSR count). The topological polar surface area (TPSA) is 110 Å². The Labute approximate surface area is 166 Å². The summed E-state index contributed by atoms with van der Waals surface area (Å²) in [5.41, 5.74) is 1.11. The van der Waals surface area contributed by atoms with Crippen molar-refractivity contribution in [1.29, 1.82) is 0 Å². The molecule has 9 nitrogen and oxygen atoms in total. The number of rotatable bonds is 7. The van der Waals surface area contributed by atoms with E-state index in [2.05, 4.69) is 15.6 Å². The summed E-state index contributed by atoms with van der Waals surface area (Å²) in [4.78, 5) is 41.5. The second kappa shape index (κ2) is 10.3. The number of anilines is 1. The van der Waals surface area contributed by atoms with Crippen molar-refractivity contribution in [3.8, 4) is 0 Å². The van der Waals surface area contributed by atoms with Gasteiger partial charge in [-0.05, 0) is 12.5 Å². The van der Waals surface area contributed by atoms with Crippen molar-refractivity contribution in [2.75, 3.05) is 26.0 Å². The lowest BCUT2D eigenvalue weighted by molar-refractivity contribution is -0.145. The van der Waals surface area contributed by atoms with E-state index in [0.29, 0.717) is 0 Å². The van der Waals surface area contributed by atoms with Crippen molar-refractivity contribution in [3.05, 3.63) is 47.0 Å². The lowest BCUT2D eigenvalue weighted by atomic mass is 10.2. The molecule has 1 aromatic carbocycles. The molecule has 0 spiro atoms. The van der Waals surface area contributed by atoms with Gasteiger partial charge in [-0.3, -0.25) is 5.32 Å². The Kier molecular flexibility index (Phi) is 7.76. The number of esters is 1. The fraction of sp³-hybridized carbons (Fsp3) is 0.333. The average molecular weight is 406 g/mol. The summed E-state index contributed by atoms with van der Waals surface area (Å²) in [7, 11) is 3.10. The molecular formula is C18H22N4O5S. The lowest BCUT2D eigenvalue weighted by Crippen LogP contribution is -2.41. The highest BCUT2D eigenvalue weighted by Gasteiger charge is 2.27. The minimum absolute atomic E-state index is 0.120. The highest BCUT2D eigenvalue weighted by molar-refractivity contribution is 7.13. The number of nitrogens with zero attached hydrogens (tertiary/aromatic N) is 2. The number of carbonyl (C=O) groups is 3. The van der Waals surface area contributed by atoms with Crippen molar-refractivity contribution in [2.45, 2.75) is 19.6 Å². The van der Waals surface area contributed by atoms with E-state index in [1.165, 1.54) is 4.90 Å². The molecule has 150 valence electrons. The summed E-state index contributed by atoms with van der Waals surface area (Å²) in [6, 6.07) is 7.70. The summed E-state index contributed by atoms with van der Waals surface area (Å²) in [5.74, 6) is -0.638. The van der Waals surface area contributed by atoms with Crippen molar-refractivity contribution in [2.24, 2.45) is 0 Å². The maximum absolute atomic E-state index is 12.2. The number of hydrogen-bond donors (Lipinski definition) is 2. The van der Waals surface area contributed by atoms with Gasteiger partial charge in [0.2, 0.25) is 0 Å². The predicted octanol–water partition coefficient (Wildman–Crippen LogP) is 2.77. The maximum atomic E-state index is 12.2. The first-order chi connectivity index (χ1) is 13.4. The number of benzene rings is 1. The van der Waals surface area contributed by atoms with E-state index in [-0.39, 0.29) is 24.0 Å². The van der Waals surface area contributed by atoms with Crippen LogP contribution < -0.4 is 10.6 Å². The van der Waals surface area contributed by atoms with Gasteiger partial charge < -0.3 is 19.7 Å². The zero-order valence-electron chi connectivity index (χ0n) is 15.8. The SMILES string of the molecule is CCOC(=O)C(NC(=O)N(C)C)c1csc(NC(=O)OCc2ccccc2)n1. The molecule has 0 aliphatic rings. The molecule has 0 radical (unpaired) electrons. The van der Waals surface area contributed by atoms with E-state index in [0.717, 1.165) is 16.9 Å². The van der Waals surface area contributed by atoms with Crippen LogP contribution in [-0.4, -0.2) is 48.7 Å². The van der Waals surface area contributed by atoms with Crippen LogP contribution in [0, 0.1) is 0 Å². The summed E-state index contributed by atoms with van der Waals surface area (Å²) in [6.45, 7) is 1.95. The van der Waals surface area contributed by atoms with Gasteiger partial charge in [0.25, 0.3) is 0 Å². The van der Waals surface area contributed by atoms with Crippen LogP contribution in [0.1, 0.15) is 24.2 Å². The Morgan fingerprint density at radius 1 is 1.18 bits per heavy atom. The van der Waals surface area contributed by atoms with Crippen molar-refractivity contribution in [3.63, 3.8) is 0 Å². The molecule has 0 saturated carbocycles. The molecule has 1 atom stereocenters. The molecule has 1 heterocycles. The Hall–Kier alpha value is -3.14. The van der Waals surface area contributed by atoms with Gasteiger partial charge in [-0.2, -0.15) is 0 Å². The summed E-state index contributed by atoms with van der Waals surface area (Å²) >= 11 is 1.10. The fourth-order valence-electron chi connectivity index (χ4n) is 2.05. The second-order valence-electron chi connectivity index (χ2n) is 5.79. The van der Waals surface area contributed by atoms with Gasteiger partial charge in [0.1, 0.15) is 6.61 Å². The number of ether oxygens (including phenoxy) is 2. The van der Waals surface area contributed by atoms with Crippen LogP contribution in [0.5, 0.6) is 0 Å². The summed E-state index contributed by atoms with van der Waals surface area (Å²) in [6.07, 6.45) is -0.672. The van der Waals surface area contributed by atoms with E-state index in [9.17, 15) is 14.4 Å². The van der Waals surface area contributed by atoms with Gasteiger partial charge >= 0.3 is 18.1 Å². The predicted molar refractivity (Wildman–Crippen MR) is 104 cm³/mol. The first-order valence-electron chi connectivity index (χ1n) is 8.48. The molecule has 0 bridgehead atoms. The molecule has 2 N–H and O–H groups in total. The van der Waals surface area contributed by atoms with Gasteiger partial charge in [-0.25, -0.2) is 19.4 Å². The second-order valence-corrected chi connectivity index (χ2v) is 6.65. The summed E-state index contributed by atoms with van der Waals surface area (Å²) < 4.78 is 10.1. The monoisotopic (exact) mass is 406 g/mol. The molecule has 0 fully saturated rings. The molecule has 28 heavy (non-hydrogen) atoms. The molecule has 1 unspecified atom stereocenters. The number of hydrogen-bond acceptors (Lipinski definition) is 7. The average Bonchev–Trinajstić information content (AvgIpc) is 3.13. The van der Waals surface area contributed by atoms with Crippen LogP contribution in [0.3, 0.4) is 0 Å². The molecule has 2 aromatic rings. The van der Waals surface area contributed by atoms with Gasteiger partial charge in [-0.15, -0.1) is 11.3 Å². The van der Waals surface area contributed by atoms with Gasteiger partial charge in [-0.1, -0.05) is 30.3 Å². The van der Waals surface area contributed by atoms with Crippen molar-refractivity contribution in [1.82, 2.24) is 15.2 Å². The number of nitrogens with one attached hydrogen (secondary N) is 2. The number of thiazole rings is 1. The third-order valence-electron chi connectivity index (χ3n) is 3.44. The Morgan fingerprint density at radius 3 is 2.54 bits per heavy atom. The minimum atomic E-state index is -1.08. The van der Waals surface area contributed by atoms with E-state index >= 15 is 0 Å². The van der Waals surface area contributed by atoms with Crippen LogP contribution in [0.25, 0.3) is 0 Å². The number of carbonyl (C=O) groups excluding carboxylic acids is 3. The molecule has 1 aromatic heterocycles. The Morgan fingerprint density at radius 2 is 1.89 bits per heavy atom. The van der Waals surface area contributed by atoms with E-state index < -0.39 is 24.1 Å². The number of aromatic nitrogens is 1. The fourth-order valence-corrected chi connectivity index (χ4v) is 2.78. The van der Waals surface area contributed by atoms with Gasteiger partial charge in [0.15, 0.2) is 11.2 Å². The Balaban J connectivity index is 2.00. The number of amides is 3. The third-order valence-corrected chi connectivity index (χ3v) is 4.21. The maximum Gasteiger partial charge on any atom is 0.413 e. The highest BCUT2D eigenvalue weighted by atomic mass is 32.1.